The zero-order valence-corrected chi connectivity index (χ0v) is 13.6. The lowest BCUT2D eigenvalue weighted by Crippen LogP contribution is -2.42. The molecule has 0 radical (unpaired) electrons. The molecular formula is C16H19NO5S. The summed E-state index contributed by atoms with van der Waals surface area (Å²) in [5, 5.41) is 10.8. The average Bonchev–Trinajstić information content (AvgIpc) is 3.04. The summed E-state index contributed by atoms with van der Waals surface area (Å²) in [5.41, 5.74) is -0.596. The third kappa shape index (κ3) is 2.99. The van der Waals surface area contributed by atoms with Crippen LogP contribution in [0.4, 0.5) is 0 Å². The molecule has 1 atom stereocenters. The summed E-state index contributed by atoms with van der Waals surface area (Å²) in [5.74, 6) is 0.981. The van der Waals surface area contributed by atoms with Crippen LogP contribution in [-0.2, 0) is 22.0 Å². The Morgan fingerprint density at radius 2 is 2.13 bits per heavy atom. The van der Waals surface area contributed by atoms with Gasteiger partial charge in [0.05, 0.1) is 13.4 Å². The summed E-state index contributed by atoms with van der Waals surface area (Å²) in [6.45, 7) is -0.111. The number of aliphatic hydroxyl groups is 1. The largest absolute Gasteiger partial charge is 0.495 e. The van der Waals surface area contributed by atoms with Crippen molar-refractivity contribution in [2.45, 2.75) is 29.8 Å². The van der Waals surface area contributed by atoms with Gasteiger partial charge >= 0.3 is 0 Å². The van der Waals surface area contributed by atoms with Gasteiger partial charge in [-0.05, 0) is 31.0 Å². The van der Waals surface area contributed by atoms with Crippen molar-refractivity contribution < 1.29 is 22.7 Å². The quantitative estimate of drug-likeness (QED) is 0.868. The molecular weight excluding hydrogens is 318 g/mol. The Bertz CT molecular complexity index is 798. The van der Waals surface area contributed by atoms with E-state index in [1.54, 1.807) is 24.3 Å². The number of hydrogen-bond donors (Lipinski definition) is 2. The van der Waals surface area contributed by atoms with Crippen LogP contribution in [0, 0.1) is 0 Å². The first-order chi connectivity index (χ1) is 11.0. The second-order valence-corrected chi connectivity index (χ2v) is 7.35. The van der Waals surface area contributed by atoms with E-state index in [0.717, 1.165) is 18.6 Å². The maximum Gasteiger partial charge on any atom is 0.244 e. The number of methoxy groups -OCH3 is 1. The molecule has 0 aliphatic heterocycles. The number of ether oxygens (including phenoxy) is 1. The molecule has 1 aromatic carbocycles. The van der Waals surface area contributed by atoms with E-state index in [0.29, 0.717) is 12.0 Å². The topological polar surface area (TPSA) is 88.8 Å². The van der Waals surface area contributed by atoms with Crippen molar-refractivity contribution in [2.24, 2.45) is 0 Å². The van der Waals surface area contributed by atoms with Crippen LogP contribution in [0.3, 0.4) is 0 Å². The fourth-order valence-corrected chi connectivity index (χ4v) is 4.20. The molecule has 1 aromatic heterocycles. The zero-order valence-electron chi connectivity index (χ0n) is 12.8. The Kier molecular flexibility index (Phi) is 4.18. The zero-order chi connectivity index (χ0) is 16.5. The van der Waals surface area contributed by atoms with E-state index < -0.39 is 15.6 Å². The van der Waals surface area contributed by atoms with Crippen LogP contribution < -0.4 is 9.46 Å². The van der Waals surface area contributed by atoms with Gasteiger partial charge in [0.1, 0.15) is 22.0 Å². The number of fused-ring (bicyclic) bond motifs is 1. The molecule has 1 aliphatic carbocycles. The molecule has 1 heterocycles. The number of sulfonamides is 1. The lowest BCUT2D eigenvalue weighted by molar-refractivity contribution is 0.0221. The standard InChI is InChI=1S/C16H19NO5S/c1-21-14-5-2-3-7-15(14)23(19,20)17-11-16(18)9-4-6-13-12(16)8-10-22-13/h2-3,5,7-8,10,17-18H,4,6,9,11H2,1H3. The van der Waals surface area contributed by atoms with Crippen molar-refractivity contribution in [1.82, 2.24) is 4.72 Å². The highest BCUT2D eigenvalue weighted by Crippen LogP contribution is 2.36. The molecule has 124 valence electrons. The Balaban J connectivity index is 1.83. The predicted octanol–water partition coefficient (Wildman–Crippen LogP) is 1.79. The maximum absolute atomic E-state index is 12.5. The molecule has 0 amide bonds. The SMILES string of the molecule is COc1ccccc1S(=O)(=O)NCC1(O)CCCc2occc21. The Morgan fingerprint density at radius 1 is 1.35 bits per heavy atom. The first-order valence-corrected chi connectivity index (χ1v) is 8.86. The molecule has 1 aliphatic rings. The average molecular weight is 337 g/mol. The number of furan rings is 1. The molecule has 3 rings (SSSR count). The van der Waals surface area contributed by atoms with Crippen LogP contribution in [0.25, 0.3) is 0 Å². The number of para-hydroxylation sites is 1. The minimum atomic E-state index is -3.79. The van der Waals surface area contributed by atoms with E-state index in [9.17, 15) is 13.5 Å². The van der Waals surface area contributed by atoms with E-state index in [2.05, 4.69) is 4.72 Å². The molecule has 2 N–H and O–H groups in total. The van der Waals surface area contributed by atoms with Gasteiger partial charge in [-0.3, -0.25) is 0 Å². The van der Waals surface area contributed by atoms with Gasteiger partial charge < -0.3 is 14.3 Å². The lowest BCUT2D eigenvalue weighted by atomic mass is 9.83. The van der Waals surface area contributed by atoms with Gasteiger partial charge in [0.15, 0.2) is 0 Å². The minimum Gasteiger partial charge on any atom is -0.495 e. The summed E-state index contributed by atoms with van der Waals surface area (Å²) >= 11 is 0. The number of benzene rings is 1. The van der Waals surface area contributed by atoms with E-state index in [-0.39, 0.29) is 17.2 Å². The summed E-state index contributed by atoms with van der Waals surface area (Å²) in [6, 6.07) is 8.07. The van der Waals surface area contributed by atoms with Gasteiger partial charge in [-0.2, -0.15) is 0 Å². The third-order valence-corrected chi connectivity index (χ3v) is 5.59. The molecule has 6 nitrogen and oxygen atoms in total. The van der Waals surface area contributed by atoms with Crippen LogP contribution in [0.5, 0.6) is 5.75 Å². The summed E-state index contributed by atoms with van der Waals surface area (Å²) in [7, 11) is -2.37. The molecule has 7 heteroatoms. The van der Waals surface area contributed by atoms with Crippen LogP contribution in [0.15, 0.2) is 45.9 Å². The molecule has 0 saturated heterocycles. The molecule has 0 bridgehead atoms. The van der Waals surface area contributed by atoms with Gasteiger partial charge in [0.25, 0.3) is 0 Å². The molecule has 23 heavy (non-hydrogen) atoms. The Labute approximate surface area is 135 Å². The van der Waals surface area contributed by atoms with E-state index in [4.69, 9.17) is 9.15 Å². The second kappa shape index (κ2) is 5.99. The number of hydrogen-bond acceptors (Lipinski definition) is 5. The highest BCUT2D eigenvalue weighted by molar-refractivity contribution is 7.89. The number of nitrogens with one attached hydrogen (secondary N) is 1. The molecule has 1 unspecified atom stereocenters. The molecule has 0 spiro atoms. The smallest absolute Gasteiger partial charge is 0.244 e. The minimum absolute atomic E-state index is 0.0503. The van der Waals surface area contributed by atoms with Crippen LogP contribution >= 0.6 is 0 Å². The number of aryl methyl sites for hydroxylation is 1. The summed E-state index contributed by atoms with van der Waals surface area (Å²) in [6.07, 6.45) is 3.50. The number of rotatable bonds is 5. The van der Waals surface area contributed by atoms with E-state index in [1.165, 1.54) is 19.4 Å². The molecule has 0 fully saturated rings. The van der Waals surface area contributed by atoms with Crippen molar-refractivity contribution in [3.63, 3.8) is 0 Å². The first-order valence-electron chi connectivity index (χ1n) is 7.38. The Morgan fingerprint density at radius 3 is 2.91 bits per heavy atom. The van der Waals surface area contributed by atoms with Crippen molar-refractivity contribution >= 4 is 10.0 Å². The summed E-state index contributed by atoms with van der Waals surface area (Å²) in [4.78, 5) is 0.0503. The van der Waals surface area contributed by atoms with Crippen molar-refractivity contribution in [3.8, 4) is 5.75 Å². The van der Waals surface area contributed by atoms with Gasteiger partial charge in [-0.1, -0.05) is 12.1 Å². The third-order valence-electron chi connectivity index (χ3n) is 4.15. The van der Waals surface area contributed by atoms with Crippen molar-refractivity contribution in [1.29, 1.82) is 0 Å². The fourth-order valence-electron chi connectivity index (χ4n) is 2.94. The fraction of sp³-hybridized carbons (Fsp3) is 0.375. The van der Waals surface area contributed by atoms with Gasteiger partial charge in [0.2, 0.25) is 10.0 Å². The highest BCUT2D eigenvalue weighted by Gasteiger charge is 2.37. The van der Waals surface area contributed by atoms with Crippen molar-refractivity contribution in [2.75, 3.05) is 13.7 Å². The maximum atomic E-state index is 12.5. The van der Waals surface area contributed by atoms with Gasteiger partial charge in [-0.15, -0.1) is 0 Å². The predicted molar refractivity (Wildman–Crippen MR) is 83.7 cm³/mol. The first kappa shape index (κ1) is 16.0. The second-order valence-electron chi connectivity index (χ2n) is 5.62. The van der Waals surface area contributed by atoms with Gasteiger partial charge in [-0.25, -0.2) is 13.1 Å². The molecule has 2 aromatic rings. The lowest BCUT2D eigenvalue weighted by Gasteiger charge is -2.31. The molecule has 0 saturated carbocycles. The van der Waals surface area contributed by atoms with Crippen LogP contribution in [-0.4, -0.2) is 27.2 Å². The monoisotopic (exact) mass is 337 g/mol. The van der Waals surface area contributed by atoms with Crippen LogP contribution in [0.1, 0.15) is 24.2 Å². The highest BCUT2D eigenvalue weighted by atomic mass is 32.2. The normalized spacial score (nSPS) is 21.0. The Hall–Kier alpha value is -1.83. The van der Waals surface area contributed by atoms with Crippen molar-refractivity contribution in [3.05, 3.63) is 47.9 Å². The van der Waals surface area contributed by atoms with Crippen LogP contribution in [0.2, 0.25) is 0 Å². The van der Waals surface area contributed by atoms with E-state index >= 15 is 0 Å². The van der Waals surface area contributed by atoms with E-state index in [1.807, 2.05) is 0 Å². The summed E-state index contributed by atoms with van der Waals surface area (Å²) < 4.78 is 38.0. The van der Waals surface area contributed by atoms with Gasteiger partial charge in [0, 0.05) is 18.5 Å².